The highest BCUT2D eigenvalue weighted by Crippen LogP contribution is 2.37. The van der Waals surface area contributed by atoms with Crippen molar-refractivity contribution in [2.45, 2.75) is 26.3 Å². The van der Waals surface area contributed by atoms with E-state index < -0.39 is 6.04 Å². The molecule has 0 saturated carbocycles. The molecule has 2 heterocycles. The first-order chi connectivity index (χ1) is 15.5. The number of nitrogens with one attached hydrogen (secondary N) is 1. The predicted molar refractivity (Wildman–Crippen MR) is 123 cm³/mol. The van der Waals surface area contributed by atoms with Crippen molar-refractivity contribution in [1.82, 2.24) is 20.4 Å². The second-order valence-corrected chi connectivity index (χ2v) is 7.99. The van der Waals surface area contributed by atoms with Crippen molar-refractivity contribution in [3.05, 3.63) is 76.3 Å². The molecule has 0 saturated heterocycles. The number of benzene rings is 2. The number of urea groups is 1. The molecule has 1 unspecified atom stereocenters. The van der Waals surface area contributed by atoms with E-state index in [1.54, 1.807) is 24.1 Å². The van der Waals surface area contributed by atoms with Crippen LogP contribution in [0.15, 0.2) is 58.8 Å². The van der Waals surface area contributed by atoms with Crippen molar-refractivity contribution in [1.29, 1.82) is 0 Å². The van der Waals surface area contributed by atoms with E-state index in [1.165, 1.54) is 5.56 Å². The smallest absolute Gasteiger partial charge is 0.322 e. The zero-order valence-corrected chi connectivity index (χ0v) is 19.0. The zero-order valence-electron chi connectivity index (χ0n) is 18.3. The van der Waals surface area contributed by atoms with E-state index in [-0.39, 0.29) is 6.03 Å². The van der Waals surface area contributed by atoms with Gasteiger partial charge in [0.25, 0.3) is 5.89 Å². The van der Waals surface area contributed by atoms with Gasteiger partial charge in [0.1, 0.15) is 0 Å². The van der Waals surface area contributed by atoms with Gasteiger partial charge in [-0.1, -0.05) is 60.1 Å². The quantitative estimate of drug-likeness (QED) is 0.539. The van der Waals surface area contributed by atoms with Crippen LogP contribution in [0.4, 0.5) is 4.79 Å². The molecule has 1 N–H and O–H groups in total. The number of aromatic nitrogens is 2. The first-order valence-corrected chi connectivity index (χ1v) is 10.9. The monoisotopic (exact) mass is 452 g/mol. The second-order valence-electron chi connectivity index (χ2n) is 7.55. The van der Waals surface area contributed by atoms with Gasteiger partial charge in [0.05, 0.1) is 24.8 Å². The zero-order chi connectivity index (χ0) is 22.7. The van der Waals surface area contributed by atoms with E-state index in [2.05, 4.69) is 34.5 Å². The molecule has 0 radical (unpaired) electrons. The van der Waals surface area contributed by atoms with Crippen LogP contribution >= 0.6 is 11.6 Å². The summed E-state index contributed by atoms with van der Waals surface area (Å²) in [5, 5.41) is 7.85. The number of carbonyl (C=O) groups excluding carboxylic acids is 1. The second kappa shape index (κ2) is 9.54. The number of amides is 2. The molecule has 1 atom stereocenters. The van der Waals surface area contributed by atoms with Crippen LogP contribution in [0.1, 0.15) is 36.9 Å². The Kier molecular flexibility index (Phi) is 6.58. The summed E-state index contributed by atoms with van der Waals surface area (Å²) in [4.78, 5) is 19.2. The molecule has 3 aromatic rings. The molecule has 4 rings (SSSR count). The number of nitrogens with zero attached hydrogens (tertiary/aromatic N) is 3. The minimum Gasteiger partial charge on any atom is -0.383 e. The van der Waals surface area contributed by atoms with Crippen molar-refractivity contribution >= 4 is 23.2 Å². The Hall–Kier alpha value is -3.16. The SMILES string of the molecule is CCc1ccc(C2NC(=O)N(CCOC)C(C)=C2c2nc(-c3cccc(Cl)c3)no2)cc1. The Balaban J connectivity index is 1.79. The predicted octanol–water partition coefficient (Wildman–Crippen LogP) is 5.10. The average Bonchev–Trinajstić information content (AvgIpc) is 3.28. The van der Waals surface area contributed by atoms with Crippen molar-refractivity contribution in [3.8, 4) is 11.4 Å². The van der Waals surface area contributed by atoms with Crippen molar-refractivity contribution < 1.29 is 14.1 Å². The molecule has 1 aromatic heterocycles. The fourth-order valence-electron chi connectivity index (χ4n) is 3.78. The van der Waals surface area contributed by atoms with Gasteiger partial charge in [-0.3, -0.25) is 4.90 Å². The van der Waals surface area contributed by atoms with E-state index >= 15 is 0 Å². The van der Waals surface area contributed by atoms with Crippen LogP contribution in [0, 0.1) is 0 Å². The number of aryl methyl sites for hydroxylation is 1. The lowest BCUT2D eigenvalue weighted by Gasteiger charge is -2.35. The summed E-state index contributed by atoms with van der Waals surface area (Å²) in [6.07, 6.45) is 0.941. The van der Waals surface area contributed by atoms with Crippen LogP contribution in [0.3, 0.4) is 0 Å². The summed E-state index contributed by atoms with van der Waals surface area (Å²) in [7, 11) is 1.61. The Morgan fingerprint density at radius 2 is 2.00 bits per heavy atom. The number of halogens is 1. The van der Waals surface area contributed by atoms with Crippen molar-refractivity contribution in [2.24, 2.45) is 0 Å². The summed E-state index contributed by atoms with van der Waals surface area (Å²) >= 11 is 6.12. The largest absolute Gasteiger partial charge is 0.383 e. The fraction of sp³-hybridized carbons (Fsp3) is 0.292. The summed E-state index contributed by atoms with van der Waals surface area (Å²) in [5.41, 5.74) is 4.42. The number of ether oxygens (including phenoxy) is 1. The van der Waals surface area contributed by atoms with Gasteiger partial charge in [-0.05, 0) is 36.6 Å². The topological polar surface area (TPSA) is 80.5 Å². The number of methoxy groups -OCH3 is 1. The number of carbonyl (C=O) groups is 1. The molecule has 1 aliphatic rings. The molecule has 2 aromatic carbocycles. The molecule has 0 spiro atoms. The van der Waals surface area contributed by atoms with E-state index in [0.717, 1.165) is 28.8 Å². The van der Waals surface area contributed by atoms with Crippen LogP contribution in [-0.4, -0.2) is 41.3 Å². The van der Waals surface area contributed by atoms with Gasteiger partial charge in [0.15, 0.2) is 0 Å². The normalized spacial score (nSPS) is 16.4. The Labute approximate surface area is 192 Å². The minimum atomic E-state index is -0.417. The van der Waals surface area contributed by atoms with Crippen LogP contribution in [0.5, 0.6) is 0 Å². The van der Waals surface area contributed by atoms with Crippen molar-refractivity contribution in [3.63, 3.8) is 0 Å². The maximum atomic E-state index is 12.9. The highest BCUT2D eigenvalue weighted by Gasteiger charge is 2.35. The van der Waals surface area contributed by atoms with E-state index in [9.17, 15) is 4.79 Å². The van der Waals surface area contributed by atoms with Crippen LogP contribution in [0.2, 0.25) is 5.02 Å². The summed E-state index contributed by atoms with van der Waals surface area (Å²) < 4.78 is 10.9. The van der Waals surface area contributed by atoms with Gasteiger partial charge >= 0.3 is 6.03 Å². The van der Waals surface area contributed by atoms with Gasteiger partial charge in [-0.25, -0.2) is 4.79 Å². The molecule has 0 fully saturated rings. The summed E-state index contributed by atoms with van der Waals surface area (Å²) in [5.74, 6) is 0.785. The van der Waals surface area contributed by atoms with Crippen LogP contribution in [0.25, 0.3) is 17.0 Å². The number of hydrogen-bond donors (Lipinski definition) is 1. The number of rotatable bonds is 7. The molecule has 0 bridgehead atoms. The molecule has 1 aliphatic heterocycles. The third kappa shape index (κ3) is 4.40. The third-order valence-corrected chi connectivity index (χ3v) is 5.81. The van der Waals surface area contributed by atoms with Crippen molar-refractivity contribution in [2.75, 3.05) is 20.3 Å². The summed E-state index contributed by atoms with van der Waals surface area (Å²) in [6.45, 7) is 4.82. The molecule has 32 heavy (non-hydrogen) atoms. The first kappa shape index (κ1) is 22.0. The minimum absolute atomic E-state index is 0.192. The Bertz CT molecular complexity index is 1140. The fourth-order valence-corrected chi connectivity index (χ4v) is 3.97. The lowest BCUT2D eigenvalue weighted by molar-refractivity contribution is 0.158. The Morgan fingerprint density at radius 3 is 2.69 bits per heavy atom. The highest BCUT2D eigenvalue weighted by atomic mass is 35.5. The van der Waals surface area contributed by atoms with E-state index in [4.69, 9.17) is 20.9 Å². The van der Waals surface area contributed by atoms with Gasteiger partial charge < -0.3 is 14.6 Å². The highest BCUT2D eigenvalue weighted by molar-refractivity contribution is 6.30. The Morgan fingerprint density at radius 1 is 1.22 bits per heavy atom. The third-order valence-electron chi connectivity index (χ3n) is 5.58. The van der Waals surface area contributed by atoms with Crippen LogP contribution in [-0.2, 0) is 11.2 Å². The maximum Gasteiger partial charge on any atom is 0.322 e. The van der Waals surface area contributed by atoms with Gasteiger partial charge in [0, 0.05) is 23.4 Å². The van der Waals surface area contributed by atoms with Gasteiger partial charge in [0.2, 0.25) is 5.82 Å². The molecule has 7 nitrogen and oxygen atoms in total. The number of allylic oxidation sites excluding steroid dienone is 1. The lowest BCUT2D eigenvalue weighted by atomic mass is 9.93. The molecule has 2 amide bonds. The number of hydrogen-bond acceptors (Lipinski definition) is 5. The van der Waals surface area contributed by atoms with Gasteiger partial charge in [-0.2, -0.15) is 4.98 Å². The lowest BCUT2D eigenvalue weighted by Crippen LogP contribution is -2.47. The molecule has 0 aliphatic carbocycles. The van der Waals surface area contributed by atoms with Gasteiger partial charge in [-0.15, -0.1) is 0 Å². The molecular weight excluding hydrogens is 428 g/mol. The molecule has 8 heteroatoms. The molecular formula is C24H25ClN4O3. The summed E-state index contributed by atoms with van der Waals surface area (Å²) in [6, 6.07) is 14.9. The van der Waals surface area contributed by atoms with E-state index in [0.29, 0.717) is 29.9 Å². The van der Waals surface area contributed by atoms with Crippen LogP contribution < -0.4 is 5.32 Å². The maximum absolute atomic E-state index is 12.9. The molecule has 166 valence electrons. The standard InChI is InChI=1S/C24H25ClN4O3/c1-4-16-8-10-17(11-9-16)21-20(15(2)29(12-13-31-3)24(30)26-21)23-27-22(28-32-23)18-6-5-7-19(25)14-18/h5-11,14,21H,4,12-13H2,1-3H3,(H,26,30). The average molecular weight is 453 g/mol. The van der Waals surface area contributed by atoms with E-state index in [1.807, 2.05) is 31.2 Å². The first-order valence-electron chi connectivity index (χ1n) is 10.5.